The predicted molar refractivity (Wildman–Crippen MR) is 66.2 cm³/mol. The van der Waals surface area contributed by atoms with Crippen molar-refractivity contribution in [2.24, 2.45) is 0 Å². The van der Waals surface area contributed by atoms with E-state index in [4.69, 9.17) is 5.11 Å². The van der Waals surface area contributed by atoms with Crippen LogP contribution in [0.2, 0.25) is 0 Å². The number of aliphatic carboxylic acids is 1. The second-order valence-corrected chi connectivity index (χ2v) is 4.64. The number of amides is 3. The van der Waals surface area contributed by atoms with Gasteiger partial charge in [0.25, 0.3) is 0 Å². The van der Waals surface area contributed by atoms with Crippen molar-refractivity contribution in [3.8, 4) is 0 Å². The Morgan fingerprint density at radius 2 is 1.67 bits per heavy atom. The van der Waals surface area contributed by atoms with Crippen LogP contribution in [-0.2, 0) is 9.59 Å². The Bertz CT molecular complexity index is 315. The number of hydrogen-bond donors (Lipinski definition) is 4. The average Bonchev–Trinajstić information content (AvgIpc) is 2.21. The molecule has 0 aliphatic heterocycles. The first kappa shape index (κ1) is 16.2. The highest BCUT2D eigenvalue weighted by molar-refractivity contribution is 5.75. The van der Waals surface area contributed by atoms with Gasteiger partial charge in [-0.3, -0.25) is 9.59 Å². The molecule has 0 aromatic heterocycles. The molecule has 0 bridgehead atoms. The van der Waals surface area contributed by atoms with Gasteiger partial charge in [-0.05, 0) is 20.3 Å². The summed E-state index contributed by atoms with van der Waals surface area (Å²) in [6.45, 7) is 5.58. The Labute approximate surface area is 106 Å². The molecule has 0 aliphatic carbocycles. The van der Waals surface area contributed by atoms with Crippen molar-refractivity contribution in [3.05, 3.63) is 0 Å². The molecule has 0 unspecified atom stereocenters. The van der Waals surface area contributed by atoms with Crippen LogP contribution in [0.4, 0.5) is 4.79 Å². The molecule has 7 nitrogen and oxygen atoms in total. The minimum absolute atomic E-state index is 0.000821. The summed E-state index contributed by atoms with van der Waals surface area (Å²) in [5.74, 6) is -1.05. The molecule has 0 aliphatic rings. The summed E-state index contributed by atoms with van der Waals surface area (Å²) in [6.07, 6.45) is 0.348. The molecule has 0 rings (SSSR count). The van der Waals surface area contributed by atoms with E-state index in [1.54, 1.807) is 13.8 Å². The highest BCUT2D eigenvalue weighted by atomic mass is 16.4. The Kier molecular flexibility index (Phi) is 6.77. The number of carbonyl (C=O) groups is 3. The molecule has 0 aromatic carbocycles. The van der Waals surface area contributed by atoms with Crippen LogP contribution in [0.5, 0.6) is 0 Å². The maximum absolute atomic E-state index is 11.5. The number of carboxylic acids is 1. The van der Waals surface area contributed by atoms with Crippen molar-refractivity contribution in [1.29, 1.82) is 0 Å². The average molecular weight is 259 g/mol. The molecule has 0 heterocycles. The van der Waals surface area contributed by atoms with E-state index in [-0.39, 0.29) is 18.4 Å². The Morgan fingerprint density at radius 1 is 1.11 bits per heavy atom. The van der Waals surface area contributed by atoms with Crippen molar-refractivity contribution in [2.45, 2.75) is 39.2 Å². The lowest BCUT2D eigenvalue weighted by atomic mass is 9.99. The Morgan fingerprint density at radius 3 is 2.17 bits per heavy atom. The molecule has 0 spiro atoms. The summed E-state index contributed by atoms with van der Waals surface area (Å²) < 4.78 is 0. The standard InChI is InChI=1S/C11H21N3O4/c1-8(15)12-6-7-13-10(18)14-11(2,3)5-4-9(16)17/h4-7H2,1-3H3,(H,12,15)(H,16,17)(H2,13,14,18). The van der Waals surface area contributed by atoms with Crippen LogP contribution >= 0.6 is 0 Å². The Hall–Kier alpha value is -1.79. The number of urea groups is 1. The third-order valence-corrected chi connectivity index (χ3v) is 2.20. The van der Waals surface area contributed by atoms with E-state index in [1.807, 2.05) is 0 Å². The van der Waals surface area contributed by atoms with Gasteiger partial charge < -0.3 is 21.1 Å². The summed E-state index contributed by atoms with van der Waals surface area (Å²) >= 11 is 0. The normalized spacial score (nSPS) is 10.6. The zero-order valence-corrected chi connectivity index (χ0v) is 11.0. The second-order valence-electron chi connectivity index (χ2n) is 4.64. The van der Waals surface area contributed by atoms with Crippen LogP contribution in [0.25, 0.3) is 0 Å². The third-order valence-electron chi connectivity index (χ3n) is 2.20. The second kappa shape index (κ2) is 7.52. The first-order chi connectivity index (χ1) is 8.23. The fourth-order valence-corrected chi connectivity index (χ4v) is 1.25. The maximum atomic E-state index is 11.5. The van der Waals surface area contributed by atoms with Crippen LogP contribution in [0.15, 0.2) is 0 Å². The van der Waals surface area contributed by atoms with Crippen LogP contribution in [0.1, 0.15) is 33.6 Å². The largest absolute Gasteiger partial charge is 0.481 e. The summed E-state index contributed by atoms with van der Waals surface area (Å²) in [6, 6.07) is -0.379. The molecule has 18 heavy (non-hydrogen) atoms. The zero-order chi connectivity index (χ0) is 14.2. The van der Waals surface area contributed by atoms with Crippen molar-refractivity contribution in [2.75, 3.05) is 13.1 Å². The lowest BCUT2D eigenvalue weighted by Crippen LogP contribution is -2.49. The quantitative estimate of drug-likeness (QED) is 0.485. The van der Waals surface area contributed by atoms with E-state index in [2.05, 4.69) is 16.0 Å². The van der Waals surface area contributed by atoms with Crippen LogP contribution in [0, 0.1) is 0 Å². The lowest BCUT2D eigenvalue weighted by Gasteiger charge is -2.25. The van der Waals surface area contributed by atoms with Crippen LogP contribution < -0.4 is 16.0 Å². The van der Waals surface area contributed by atoms with Gasteiger partial charge in [-0.1, -0.05) is 0 Å². The molecule has 0 saturated heterocycles. The van der Waals surface area contributed by atoms with Gasteiger partial charge in [0.2, 0.25) is 5.91 Å². The van der Waals surface area contributed by atoms with E-state index < -0.39 is 11.5 Å². The van der Waals surface area contributed by atoms with E-state index >= 15 is 0 Å². The van der Waals surface area contributed by atoms with Gasteiger partial charge in [0.15, 0.2) is 0 Å². The van der Waals surface area contributed by atoms with Gasteiger partial charge in [0, 0.05) is 32.0 Å². The molecule has 104 valence electrons. The SMILES string of the molecule is CC(=O)NCCNC(=O)NC(C)(C)CCC(=O)O. The van der Waals surface area contributed by atoms with Crippen molar-refractivity contribution >= 4 is 17.9 Å². The lowest BCUT2D eigenvalue weighted by molar-refractivity contribution is -0.137. The molecule has 7 heteroatoms. The van der Waals surface area contributed by atoms with Crippen LogP contribution in [-0.4, -0.2) is 41.6 Å². The fraction of sp³-hybridized carbons (Fsp3) is 0.727. The van der Waals surface area contributed by atoms with E-state index in [0.717, 1.165) is 0 Å². The molecular formula is C11H21N3O4. The minimum Gasteiger partial charge on any atom is -0.481 e. The third kappa shape index (κ3) is 9.44. The number of hydrogen-bond acceptors (Lipinski definition) is 3. The van der Waals surface area contributed by atoms with Crippen molar-refractivity contribution in [1.82, 2.24) is 16.0 Å². The highest BCUT2D eigenvalue weighted by Crippen LogP contribution is 2.10. The van der Waals surface area contributed by atoms with Crippen molar-refractivity contribution < 1.29 is 19.5 Å². The zero-order valence-electron chi connectivity index (χ0n) is 11.0. The molecule has 0 aromatic rings. The Balaban J connectivity index is 3.84. The first-order valence-corrected chi connectivity index (χ1v) is 5.75. The number of carboxylic acid groups (broad SMARTS) is 1. The van der Waals surface area contributed by atoms with Crippen LogP contribution in [0.3, 0.4) is 0 Å². The monoisotopic (exact) mass is 259 g/mol. The van der Waals surface area contributed by atoms with Gasteiger partial charge in [0.05, 0.1) is 0 Å². The first-order valence-electron chi connectivity index (χ1n) is 5.75. The van der Waals surface area contributed by atoms with Gasteiger partial charge in [0.1, 0.15) is 0 Å². The summed E-state index contributed by atoms with van der Waals surface area (Å²) in [4.78, 5) is 32.5. The summed E-state index contributed by atoms with van der Waals surface area (Å²) in [5.41, 5.74) is -0.587. The topological polar surface area (TPSA) is 108 Å². The molecular weight excluding hydrogens is 238 g/mol. The maximum Gasteiger partial charge on any atom is 0.315 e. The molecule has 0 fully saturated rings. The highest BCUT2D eigenvalue weighted by Gasteiger charge is 2.21. The van der Waals surface area contributed by atoms with E-state index in [9.17, 15) is 14.4 Å². The van der Waals surface area contributed by atoms with Gasteiger partial charge >= 0.3 is 12.0 Å². The number of nitrogens with one attached hydrogen (secondary N) is 3. The minimum atomic E-state index is -0.893. The smallest absolute Gasteiger partial charge is 0.315 e. The van der Waals surface area contributed by atoms with Gasteiger partial charge in [-0.15, -0.1) is 0 Å². The fourth-order valence-electron chi connectivity index (χ4n) is 1.25. The number of rotatable bonds is 7. The van der Waals surface area contributed by atoms with E-state index in [1.165, 1.54) is 6.92 Å². The van der Waals surface area contributed by atoms with Gasteiger partial charge in [-0.25, -0.2) is 4.79 Å². The summed E-state index contributed by atoms with van der Waals surface area (Å²) in [7, 11) is 0. The summed E-state index contributed by atoms with van der Waals surface area (Å²) in [5, 5.41) is 16.4. The molecule has 0 radical (unpaired) electrons. The van der Waals surface area contributed by atoms with Gasteiger partial charge in [-0.2, -0.15) is 0 Å². The molecule has 0 atom stereocenters. The molecule has 4 N–H and O–H groups in total. The van der Waals surface area contributed by atoms with E-state index in [0.29, 0.717) is 19.5 Å². The molecule has 3 amide bonds. The molecule has 0 saturated carbocycles. The predicted octanol–water partition coefficient (Wildman–Crippen LogP) is 0.0651. The van der Waals surface area contributed by atoms with Crippen molar-refractivity contribution in [3.63, 3.8) is 0 Å². The number of carbonyl (C=O) groups excluding carboxylic acids is 2.